The molecule has 0 spiro atoms. The van der Waals surface area contributed by atoms with Crippen LogP contribution < -0.4 is 4.90 Å². The highest BCUT2D eigenvalue weighted by atomic mass is 35.5. The first-order valence-corrected chi connectivity index (χ1v) is 14.4. The van der Waals surface area contributed by atoms with Crippen molar-refractivity contribution in [2.45, 2.75) is 28.5 Å². The number of amides is 4. The maximum absolute atomic E-state index is 14.1. The molecule has 12 heteroatoms. The monoisotopic (exact) mass is 619 g/mol. The molecule has 10 nitrogen and oxygen atoms in total. The standard InChI is InChI=1S/C31H23Cl2N3O7/c1-34-28(40)30(32)14-22-20(25(31(30,33)29(34)41)19-11-12-23(37)18-8-3-2-7-17(18)19)9-10-21-24(22)27(39)35(26(21)38)15-5-4-6-16(13-15)36(42)43/h2-9,11-13,21-22,24-25,37H,10,14H2,1H3. The first kappa shape index (κ1) is 27.5. The summed E-state index contributed by atoms with van der Waals surface area (Å²) < 4.78 is 0. The minimum absolute atomic E-state index is 0.0141. The average molecular weight is 620 g/mol. The van der Waals surface area contributed by atoms with E-state index in [4.69, 9.17) is 23.2 Å². The van der Waals surface area contributed by atoms with E-state index < -0.39 is 62.0 Å². The SMILES string of the molecule is CN1C(=O)C2(Cl)CC3C(=CCC4C(=O)N(c5cccc([N+](=O)[O-])c5)C(=O)C43)C(c3ccc(O)c4ccccc34)C2(Cl)C1=O. The van der Waals surface area contributed by atoms with Crippen LogP contribution in [0.15, 0.2) is 72.3 Å². The molecule has 2 aliphatic carbocycles. The van der Waals surface area contributed by atoms with Crippen molar-refractivity contribution < 1.29 is 29.2 Å². The number of aromatic hydroxyl groups is 1. The van der Waals surface area contributed by atoms with E-state index in [1.807, 2.05) is 6.08 Å². The van der Waals surface area contributed by atoms with Crippen LogP contribution in [0.5, 0.6) is 5.75 Å². The number of allylic oxidation sites excluding steroid dienone is 2. The fraction of sp³-hybridized carbons (Fsp3) is 0.290. The van der Waals surface area contributed by atoms with E-state index in [9.17, 15) is 34.4 Å². The molecule has 218 valence electrons. The highest BCUT2D eigenvalue weighted by Gasteiger charge is 2.76. The number of phenolic OH excluding ortho intramolecular Hbond substituents is 1. The number of non-ortho nitro benzene ring substituents is 1. The molecule has 6 atom stereocenters. The molecule has 1 saturated carbocycles. The van der Waals surface area contributed by atoms with Crippen LogP contribution in [0.25, 0.3) is 10.8 Å². The minimum atomic E-state index is -1.96. The third-order valence-corrected chi connectivity index (χ3v) is 11.0. The lowest BCUT2D eigenvalue weighted by Crippen LogP contribution is -2.60. The summed E-state index contributed by atoms with van der Waals surface area (Å²) in [4.78, 5) is 64.1. The van der Waals surface area contributed by atoms with Gasteiger partial charge in [-0.25, -0.2) is 4.90 Å². The fourth-order valence-electron chi connectivity index (χ4n) is 7.65. The highest BCUT2D eigenvalue weighted by molar-refractivity contribution is 6.53. The van der Waals surface area contributed by atoms with Gasteiger partial charge in [0.2, 0.25) is 11.8 Å². The molecule has 0 bridgehead atoms. The molecule has 4 amide bonds. The first-order valence-electron chi connectivity index (χ1n) is 13.6. The molecule has 3 aromatic carbocycles. The molecule has 1 N–H and O–H groups in total. The van der Waals surface area contributed by atoms with E-state index >= 15 is 0 Å². The van der Waals surface area contributed by atoms with Gasteiger partial charge in [-0.15, -0.1) is 23.2 Å². The summed E-state index contributed by atoms with van der Waals surface area (Å²) in [6.07, 6.45) is 1.80. The van der Waals surface area contributed by atoms with Crippen LogP contribution in [0.3, 0.4) is 0 Å². The van der Waals surface area contributed by atoms with Gasteiger partial charge >= 0.3 is 0 Å². The Balaban J connectivity index is 1.42. The average Bonchev–Trinajstić information content (AvgIpc) is 3.33. The molecule has 43 heavy (non-hydrogen) atoms. The minimum Gasteiger partial charge on any atom is -0.507 e. The third kappa shape index (κ3) is 3.41. The van der Waals surface area contributed by atoms with Gasteiger partial charge in [0, 0.05) is 30.5 Å². The second-order valence-electron chi connectivity index (χ2n) is 11.5. The molecule has 3 fully saturated rings. The van der Waals surface area contributed by atoms with Crippen LogP contribution in [-0.2, 0) is 19.2 Å². The first-order chi connectivity index (χ1) is 20.4. The summed E-state index contributed by atoms with van der Waals surface area (Å²) in [6, 6.07) is 15.5. The predicted octanol–water partition coefficient (Wildman–Crippen LogP) is 4.65. The quantitative estimate of drug-likeness (QED) is 0.148. The lowest BCUT2D eigenvalue weighted by molar-refractivity contribution is -0.384. The van der Waals surface area contributed by atoms with Crippen LogP contribution in [0.2, 0.25) is 0 Å². The molecule has 7 rings (SSSR count). The van der Waals surface area contributed by atoms with Crippen LogP contribution in [-0.4, -0.2) is 55.4 Å². The largest absolute Gasteiger partial charge is 0.507 e. The van der Waals surface area contributed by atoms with Crippen molar-refractivity contribution in [3.8, 4) is 5.75 Å². The molecule has 2 saturated heterocycles. The Kier molecular flexibility index (Phi) is 5.84. The van der Waals surface area contributed by atoms with Gasteiger partial charge in [0.15, 0.2) is 9.75 Å². The normalized spacial score (nSPS) is 31.7. The number of carbonyl (C=O) groups excluding carboxylic acids is 4. The molecular formula is C31H23Cl2N3O7. The number of alkyl halides is 2. The Morgan fingerprint density at radius 3 is 2.37 bits per heavy atom. The Morgan fingerprint density at radius 2 is 1.65 bits per heavy atom. The number of likely N-dealkylation sites (tertiary alicyclic amines) is 1. The van der Waals surface area contributed by atoms with Crippen molar-refractivity contribution in [3.05, 3.63) is 88.0 Å². The Labute approximate surface area is 254 Å². The van der Waals surface area contributed by atoms with E-state index in [2.05, 4.69) is 0 Å². The van der Waals surface area contributed by atoms with Crippen molar-refractivity contribution in [3.63, 3.8) is 0 Å². The number of fused-ring (bicyclic) bond motifs is 5. The molecule has 2 aliphatic heterocycles. The number of phenols is 1. The van der Waals surface area contributed by atoms with Crippen molar-refractivity contribution in [1.82, 2.24) is 4.90 Å². The number of rotatable bonds is 3. The maximum Gasteiger partial charge on any atom is 0.271 e. The zero-order valence-corrected chi connectivity index (χ0v) is 24.1. The highest BCUT2D eigenvalue weighted by Crippen LogP contribution is 2.66. The Morgan fingerprint density at radius 1 is 0.930 bits per heavy atom. The summed E-state index contributed by atoms with van der Waals surface area (Å²) in [5.74, 6) is -5.89. The van der Waals surface area contributed by atoms with E-state index in [0.29, 0.717) is 21.9 Å². The van der Waals surface area contributed by atoms with Gasteiger partial charge in [-0.05, 0) is 41.8 Å². The van der Waals surface area contributed by atoms with Gasteiger partial charge in [0.05, 0.1) is 22.4 Å². The number of imide groups is 2. The lowest BCUT2D eigenvalue weighted by Gasteiger charge is -2.51. The van der Waals surface area contributed by atoms with Crippen LogP contribution >= 0.6 is 23.2 Å². The van der Waals surface area contributed by atoms with Gasteiger partial charge in [0.1, 0.15) is 5.75 Å². The summed E-state index contributed by atoms with van der Waals surface area (Å²) in [5, 5.41) is 23.1. The molecule has 4 aliphatic rings. The van der Waals surface area contributed by atoms with Crippen molar-refractivity contribution in [2.24, 2.45) is 17.8 Å². The number of nitro benzene ring substituents is 1. The molecule has 0 aromatic heterocycles. The number of nitrogens with zero attached hydrogens (tertiary/aromatic N) is 3. The third-order valence-electron chi connectivity index (χ3n) is 9.56. The van der Waals surface area contributed by atoms with Gasteiger partial charge in [0.25, 0.3) is 17.5 Å². The van der Waals surface area contributed by atoms with E-state index in [0.717, 1.165) is 9.80 Å². The van der Waals surface area contributed by atoms with E-state index in [-0.39, 0.29) is 30.0 Å². The van der Waals surface area contributed by atoms with Crippen molar-refractivity contribution >= 4 is 69.0 Å². The van der Waals surface area contributed by atoms with Crippen LogP contribution in [0.1, 0.15) is 24.3 Å². The summed E-state index contributed by atoms with van der Waals surface area (Å²) >= 11 is 14.5. The second kappa shape index (κ2) is 9.11. The van der Waals surface area contributed by atoms with Gasteiger partial charge in [-0.3, -0.25) is 34.2 Å². The van der Waals surface area contributed by atoms with Crippen molar-refractivity contribution in [2.75, 3.05) is 11.9 Å². The molecule has 2 heterocycles. The number of hydrogen-bond donors (Lipinski definition) is 1. The predicted molar refractivity (Wildman–Crippen MR) is 157 cm³/mol. The second-order valence-corrected chi connectivity index (χ2v) is 12.7. The van der Waals surface area contributed by atoms with Crippen molar-refractivity contribution in [1.29, 1.82) is 0 Å². The van der Waals surface area contributed by atoms with Gasteiger partial charge in [-0.1, -0.05) is 48.0 Å². The number of anilines is 1. The van der Waals surface area contributed by atoms with E-state index in [1.54, 1.807) is 30.3 Å². The lowest BCUT2D eigenvalue weighted by atomic mass is 9.56. The van der Waals surface area contributed by atoms with Crippen LogP contribution in [0.4, 0.5) is 11.4 Å². The van der Waals surface area contributed by atoms with Gasteiger partial charge < -0.3 is 5.11 Å². The molecule has 6 unspecified atom stereocenters. The van der Waals surface area contributed by atoms with Crippen LogP contribution in [0, 0.1) is 27.9 Å². The number of hydrogen-bond acceptors (Lipinski definition) is 7. The number of carbonyl (C=O) groups is 4. The number of nitro groups is 1. The summed E-state index contributed by atoms with van der Waals surface area (Å²) in [6.45, 7) is 0. The molecule has 3 aromatic rings. The van der Waals surface area contributed by atoms with Gasteiger partial charge in [-0.2, -0.15) is 0 Å². The number of halogens is 2. The smallest absolute Gasteiger partial charge is 0.271 e. The van der Waals surface area contributed by atoms with E-state index in [1.165, 1.54) is 37.4 Å². The Hall–Kier alpha value is -4.28. The zero-order valence-electron chi connectivity index (χ0n) is 22.6. The fourth-order valence-corrected chi connectivity index (χ4v) is 8.66. The zero-order chi connectivity index (χ0) is 30.6. The topological polar surface area (TPSA) is 138 Å². The summed E-state index contributed by atoms with van der Waals surface area (Å²) in [7, 11) is 1.32. The summed E-state index contributed by atoms with van der Waals surface area (Å²) in [5.41, 5.74) is 0.970. The number of benzene rings is 3. The maximum atomic E-state index is 14.1. The Bertz CT molecular complexity index is 1860. The molecule has 0 radical (unpaired) electrons. The molecular weight excluding hydrogens is 597 g/mol.